The second-order valence-electron chi connectivity index (χ2n) is 5.39. The van der Waals surface area contributed by atoms with Gasteiger partial charge in [-0.2, -0.15) is 0 Å². The van der Waals surface area contributed by atoms with Crippen LogP contribution in [0.3, 0.4) is 0 Å². The molecule has 108 valence electrons. The van der Waals surface area contributed by atoms with Gasteiger partial charge < -0.3 is 19.7 Å². The number of carbonyl (C=O) groups is 1. The Morgan fingerprint density at radius 1 is 1.25 bits per heavy atom. The molecule has 0 unspecified atom stereocenters. The van der Waals surface area contributed by atoms with E-state index in [0.29, 0.717) is 6.61 Å². The highest BCUT2D eigenvalue weighted by atomic mass is 16.5. The normalized spacial score (nSPS) is 22.1. The molecule has 1 aromatic carbocycles. The van der Waals surface area contributed by atoms with Gasteiger partial charge in [-0.05, 0) is 50.2 Å². The number of ether oxygens (including phenoxy) is 2. The molecule has 1 N–H and O–H groups in total. The molecule has 0 aromatic heterocycles. The van der Waals surface area contributed by atoms with Crippen LogP contribution in [0, 0.1) is 0 Å². The Bertz CT molecular complexity index is 475. The van der Waals surface area contributed by atoms with Gasteiger partial charge in [-0.3, -0.25) is 4.79 Å². The zero-order valence-electron chi connectivity index (χ0n) is 11.7. The van der Waals surface area contributed by atoms with Crippen molar-refractivity contribution in [2.45, 2.75) is 18.4 Å². The van der Waals surface area contributed by atoms with Crippen LogP contribution in [-0.4, -0.2) is 44.9 Å². The smallest absolute Gasteiger partial charge is 0.253 e. The molecule has 1 amide bonds. The fraction of sp³-hybridized carbons (Fsp3) is 0.533. The van der Waals surface area contributed by atoms with Gasteiger partial charge in [0.25, 0.3) is 5.91 Å². The van der Waals surface area contributed by atoms with E-state index >= 15 is 0 Å². The molecule has 1 aromatic rings. The van der Waals surface area contributed by atoms with E-state index in [9.17, 15) is 4.79 Å². The van der Waals surface area contributed by atoms with Crippen molar-refractivity contribution in [3.8, 4) is 5.75 Å². The number of piperidine rings is 1. The van der Waals surface area contributed by atoms with Crippen LogP contribution < -0.4 is 15.0 Å². The summed E-state index contributed by atoms with van der Waals surface area (Å²) in [6, 6.07) is 7.69. The quantitative estimate of drug-likeness (QED) is 0.881. The number of hydrogen-bond acceptors (Lipinski definition) is 4. The summed E-state index contributed by atoms with van der Waals surface area (Å²) in [6.45, 7) is 2.63. The van der Waals surface area contributed by atoms with Gasteiger partial charge in [0, 0.05) is 5.69 Å². The zero-order chi connectivity index (χ0) is 14.0. The molecule has 0 aliphatic carbocycles. The predicted octanol–water partition coefficient (Wildman–Crippen LogP) is 1.18. The summed E-state index contributed by atoms with van der Waals surface area (Å²) in [6.07, 6.45) is 1.84. The molecule has 5 heteroatoms. The Balaban J connectivity index is 1.94. The molecule has 2 aliphatic heterocycles. The molecule has 1 spiro atoms. The summed E-state index contributed by atoms with van der Waals surface area (Å²) >= 11 is 0. The Morgan fingerprint density at radius 2 is 1.95 bits per heavy atom. The maximum absolute atomic E-state index is 12.4. The first-order chi connectivity index (χ1) is 9.75. The number of amides is 1. The van der Waals surface area contributed by atoms with E-state index in [2.05, 4.69) is 5.32 Å². The second-order valence-corrected chi connectivity index (χ2v) is 5.39. The topological polar surface area (TPSA) is 50.8 Å². The van der Waals surface area contributed by atoms with E-state index in [4.69, 9.17) is 9.47 Å². The number of anilines is 1. The maximum atomic E-state index is 12.4. The van der Waals surface area contributed by atoms with E-state index in [1.165, 1.54) is 0 Å². The van der Waals surface area contributed by atoms with Gasteiger partial charge >= 0.3 is 0 Å². The third-order valence-electron chi connectivity index (χ3n) is 4.18. The van der Waals surface area contributed by atoms with Crippen molar-refractivity contribution in [3.05, 3.63) is 24.3 Å². The lowest BCUT2D eigenvalue weighted by Crippen LogP contribution is -2.63. The third-order valence-corrected chi connectivity index (χ3v) is 4.18. The molecule has 5 nitrogen and oxygen atoms in total. The molecule has 2 heterocycles. The lowest BCUT2D eigenvalue weighted by Gasteiger charge is -2.49. The number of nitrogens with one attached hydrogen (secondary N) is 1. The minimum Gasteiger partial charge on any atom is -0.497 e. The number of hydrogen-bond donors (Lipinski definition) is 1. The van der Waals surface area contributed by atoms with Gasteiger partial charge in [-0.25, -0.2) is 0 Å². The first-order valence-electron chi connectivity index (χ1n) is 7.01. The molecule has 0 atom stereocenters. The van der Waals surface area contributed by atoms with E-state index in [-0.39, 0.29) is 18.1 Å². The average Bonchev–Trinajstić information content (AvgIpc) is 2.49. The lowest BCUT2D eigenvalue weighted by atomic mass is 9.85. The zero-order valence-corrected chi connectivity index (χ0v) is 11.7. The van der Waals surface area contributed by atoms with E-state index < -0.39 is 0 Å². The van der Waals surface area contributed by atoms with Crippen LogP contribution in [0.5, 0.6) is 5.75 Å². The van der Waals surface area contributed by atoms with E-state index in [1.807, 2.05) is 29.2 Å². The monoisotopic (exact) mass is 276 g/mol. The van der Waals surface area contributed by atoms with Crippen LogP contribution in [0.15, 0.2) is 24.3 Å². The first-order valence-corrected chi connectivity index (χ1v) is 7.01. The maximum Gasteiger partial charge on any atom is 0.253 e. The van der Waals surface area contributed by atoms with Crippen LogP contribution in [0.25, 0.3) is 0 Å². The Kier molecular flexibility index (Phi) is 3.63. The summed E-state index contributed by atoms with van der Waals surface area (Å²) in [5, 5.41) is 3.35. The number of rotatable bonds is 2. The molecule has 2 aliphatic rings. The Morgan fingerprint density at radius 3 is 2.60 bits per heavy atom. The van der Waals surface area contributed by atoms with Crippen molar-refractivity contribution in [2.75, 3.05) is 38.3 Å². The summed E-state index contributed by atoms with van der Waals surface area (Å²) in [4.78, 5) is 14.3. The standard InChI is InChI=1S/C15H20N2O3/c1-19-13-4-2-12(3-5-13)17-14(18)10-20-11-15(17)6-8-16-9-7-15/h2-5,16H,6-11H2,1H3. The number of nitrogens with zero attached hydrogens (tertiary/aromatic N) is 1. The van der Waals surface area contributed by atoms with Crippen LogP contribution in [0.1, 0.15) is 12.8 Å². The number of benzene rings is 1. The van der Waals surface area contributed by atoms with Crippen molar-refractivity contribution in [1.82, 2.24) is 5.32 Å². The van der Waals surface area contributed by atoms with Crippen molar-refractivity contribution in [2.24, 2.45) is 0 Å². The summed E-state index contributed by atoms with van der Waals surface area (Å²) in [5.74, 6) is 0.845. The van der Waals surface area contributed by atoms with Gasteiger partial charge in [0.05, 0.1) is 19.3 Å². The molecule has 0 radical (unpaired) electrons. The summed E-state index contributed by atoms with van der Waals surface area (Å²) in [5.41, 5.74) is 0.732. The van der Waals surface area contributed by atoms with Crippen LogP contribution in [0.2, 0.25) is 0 Å². The first kappa shape index (κ1) is 13.4. The largest absolute Gasteiger partial charge is 0.497 e. The van der Waals surface area contributed by atoms with Crippen molar-refractivity contribution < 1.29 is 14.3 Å². The van der Waals surface area contributed by atoms with Crippen molar-refractivity contribution in [3.63, 3.8) is 0 Å². The SMILES string of the molecule is COc1ccc(N2C(=O)COCC23CCNCC3)cc1. The van der Waals surface area contributed by atoms with Crippen LogP contribution in [-0.2, 0) is 9.53 Å². The highest BCUT2D eigenvalue weighted by molar-refractivity contribution is 5.96. The molecule has 2 saturated heterocycles. The molecule has 3 rings (SSSR count). The minimum absolute atomic E-state index is 0.0447. The third kappa shape index (κ3) is 2.27. The van der Waals surface area contributed by atoms with Crippen molar-refractivity contribution in [1.29, 1.82) is 0 Å². The highest BCUT2D eigenvalue weighted by Gasteiger charge is 2.44. The highest BCUT2D eigenvalue weighted by Crippen LogP contribution is 2.35. The van der Waals surface area contributed by atoms with Crippen molar-refractivity contribution >= 4 is 11.6 Å². The molecular formula is C15H20N2O3. The number of carbonyl (C=O) groups excluding carboxylic acids is 1. The van der Waals surface area contributed by atoms with E-state index in [1.54, 1.807) is 7.11 Å². The summed E-state index contributed by atoms with van der Waals surface area (Å²) < 4.78 is 10.7. The molecule has 0 saturated carbocycles. The average molecular weight is 276 g/mol. The Labute approximate surface area is 118 Å². The summed E-state index contributed by atoms with van der Waals surface area (Å²) in [7, 11) is 1.64. The van der Waals surface area contributed by atoms with Gasteiger partial charge in [0.1, 0.15) is 12.4 Å². The van der Waals surface area contributed by atoms with Gasteiger partial charge in [0.15, 0.2) is 0 Å². The number of methoxy groups -OCH3 is 1. The Hall–Kier alpha value is -1.59. The van der Waals surface area contributed by atoms with Gasteiger partial charge in [-0.1, -0.05) is 0 Å². The van der Waals surface area contributed by atoms with Crippen LogP contribution >= 0.6 is 0 Å². The lowest BCUT2D eigenvalue weighted by molar-refractivity contribution is -0.131. The number of morpholine rings is 1. The predicted molar refractivity (Wildman–Crippen MR) is 76.1 cm³/mol. The molecular weight excluding hydrogens is 256 g/mol. The molecule has 2 fully saturated rings. The fourth-order valence-corrected chi connectivity index (χ4v) is 3.13. The van der Waals surface area contributed by atoms with E-state index in [0.717, 1.165) is 37.4 Å². The van der Waals surface area contributed by atoms with Crippen LogP contribution in [0.4, 0.5) is 5.69 Å². The second kappa shape index (κ2) is 5.42. The fourth-order valence-electron chi connectivity index (χ4n) is 3.13. The van der Waals surface area contributed by atoms with Gasteiger partial charge in [0.2, 0.25) is 0 Å². The minimum atomic E-state index is -0.199. The molecule has 20 heavy (non-hydrogen) atoms. The molecule has 0 bridgehead atoms. The van der Waals surface area contributed by atoms with Gasteiger partial charge in [-0.15, -0.1) is 0 Å².